The molecule has 1 rings (SSSR count). The predicted octanol–water partition coefficient (Wildman–Crippen LogP) is 1.18. The molecule has 96 valence electrons. The van der Waals surface area contributed by atoms with Gasteiger partial charge in [-0.2, -0.15) is 0 Å². The summed E-state index contributed by atoms with van der Waals surface area (Å²) in [6, 6.07) is 0. The van der Waals surface area contributed by atoms with Crippen molar-refractivity contribution >= 4 is 17.7 Å². The van der Waals surface area contributed by atoms with Gasteiger partial charge in [-0.1, -0.05) is 18.7 Å². The lowest BCUT2D eigenvalue weighted by Crippen LogP contribution is -2.47. The summed E-state index contributed by atoms with van der Waals surface area (Å²) in [6.45, 7) is 3.63. The number of nitrogens with zero attached hydrogens (tertiary/aromatic N) is 2. The third-order valence-electron chi connectivity index (χ3n) is 2.63. The first-order chi connectivity index (χ1) is 7.98. The van der Waals surface area contributed by atoms with Crippen LogP contribution in [0.5, 0.6) is 0 Å². The third kappa shape index (κ3) is 4.01. The van der Waals surface area contributed by atoms with Crippen molar-refractivity contribution in [3.05, 3.63) is 5.82 Å². The molecule has 1 atom stereocenters. The molecular formula is C10H18N4O2S. The minimum absolute atomic E-state index is 0.437. The monoisotopic (exact) mass is 258 g/mol. The fourth-order valence-corrected chi connectivity index (χ4v) is 2.16. The molecular weight excluding hydrogens is 240 g/mol. The summed E-state index contributed by atoms with van der Waals surface area (Å²) in [5.41, 5.74) is 4.68. The second-order valence-electron chi connectivity index (χ2n) is 3.97. The topological polar surface area (TPSA) is 105 Å². The van der Waals surface area contributed by atoms with Gasteiger partial charge in [-0.15, -0.1) is 5.10 Å². The molecule has 0 aliphatic heterocycles. The third-order valence-corrected chi connectivity index (χ3v) is 3.57. The molecule has 0 aromatic carbocycles. The molecule has 1 aromatic heterocycles. The first-order valence-electron chi connectivity index (χ1n) is 5.52. The minimum Gasteiger partial charge on any atom is -0.480 e. The maximum atomic E-state index is 11.0. The minimum atomic E-state index is -1.10. The Bertz CT molecular complexity index is 382. The first-order valence-corrected chi connectivity index (χ1v) is 6.50. The van der Waals surface area contributed by atoms with Crippen LogP contribution in [-0.2, 0) is 4.79 Å². The van der Waals surface area contributed by atoms with E-state index in [1.54, 1.807) is 6.92 Å². The summed E-state index contributed by atoms with van der Waals surface area (Å²) in [6.07, 6.45) is 1.64. The molecule has 0 saturated carbocycles. The van der Waals surface area contributed by atoms with E-state index >= 15 is 0 Å². The van der Waals surface area contributed by atoms with Gasteiger partial charge >= 0.3 is 5.97 Å². The quantitative estimate of drug-likeness (QED) is 0.501. The molecule has 0 saturated heterocycles. The highest BCUT2D eigenvalue weighted by Gasteiger charge is 2.30. The largest absolute Gasteiger partial charge is 0.480 e. The number of aromatic amines is 1. The number of nitrogens with two attached hydrogens (primary N) is 1. The van der Waals surface area contributed by atoms with Gasteiger partial charge in [-0.05, 0) is 26.2 Å². The second kappa shape index (κ2) is 6.02. The molecule has 0 fully saturated rings. The number of rotatable bonds is 7. The van der Waals surface area contributed by atoms with Crippen molar-refractivity contribution in [2.45, 2.75) is 43.8 Å². The fourth-order valence-electron chi connectivity index (χ4n) is 1.37. The summed E-state index contributed by atoms with van der Waals surface area (Å²) in [7, 11) is 0. The Labute approximate surface area is 104 Å². The summed E-state index contributed by atoms with van der Waals surface area (Å²) < 4.78 is 0. The Kier molecular flexibility index (Phi) is 4.95. The molecule has 0 aliphatic carbocycles. The van der Waals surface area contributed by atoms with Crippen molar-refractivity contribution in [3.63, 3.8) is 0 Å². The number of aromatic nitrogens is 3. The number of thioether (sulfide) groups is 1. The molecule has 1 aromatic rings. The van der Waals surface area contributed by atoms with Crippen LogP contribution in [0.4, 0.5) is 0 Å². The van der Waals surface area contributed by atoms with Gasteiger partial charge in [0.1, 0.15) is 11.4 Å². The van der Waals surface area contributed by atoms with E-state index in [1.165, 1.54) is 11.8 Å². The highest BCUT2D eigenvalue weighted by Crippen LogP contribution is 2.19. The number of nitrogens with one attached hydrogen (secondary N) is 1. The van der Waals surface area contributed by atoms with Crippen molar-refractivity contribution in [3.8, 4) is 0 Å². The van der Waals surface area contributed by atoms with E-state index in [0.29, 0.717) is 18.0 Å². The van der Waals surface area contributed by atoms with Crippen LogP contribution in [0.3, 0.4) is 0 Å². The van der Waals surface area contributed by atoms with Crippen LogP contribution < -0.4 is 5.73 Å². The van der Waals surface area contributed by atoms with Crippen molar-refractivity contribution < 1.29 is 9.90 Å². The molecule has 7 heteroatoms. The van der Waals surface area contributed by atoms with Gasteiger partial charge in [-0.25, -0.2) is 4.98 Å². The Morgan fingerprint density at radius 3 is 2.82 bits per heavy atom. The average Bonchev–Trinajstić information content (AvgIpc) is 2.70. The summed E-state index contributed by atoms with van der Waals surface area (Å²) in [4.78, 5) is 15.1. The average molecular weight is 258 g/mol. The molecule has 0 amide bonds. The van der Waals surface area contributed by atoms with Crippen molar-refractivity contribution in [1.29, 1.82) is 0 Å². The van der Waals surface area contributed by atoms with Gasteiger partial charge in [0, 0.05) is 5.75 Å². The van der Waals surface area contributed by atoms with E-state index in [4.69, 9.17) is 10.8 Å². The lowest BCUT2D eigenvalue weighted by atomic mass is 9.92. The highest BCUT2D eigenvalue weighted by molar-refractivity contribution is 7.99. The molecule has 0 radical (unpaired) electrons. The van der Waals surface area contributed by atoms with Gasteiger partial charge in [0.25, 0.3) is 0 Å². The number of aliphatic carboxylic acids is 1. The smallest absolute Gasteiger partial charge is 0.323 e. The Hall–Kier alpha value is -1.08. The lowest BCUT2D eigenvalue weighted by molar-refractivity contribution is -0.143. The Morgan fingerprint density at radius 1 is 1.65 bits per heavy atom. The van der Waals surface area contributed by atoms with Crippen LogP contribution in [0.25, 0.3) is 0 Å². The number of hydrogen-bond donors (Lipinski definition) is 3. The van der Waals surface area contributed by atoms with Crippen molar-refractivity contribution in [2.75, 3.05) is 5.75 Å². The maximum Gasteiger partial charge on any atom is 0.323 e. The fraction of sp³-hybridized carbons (Fsp3) is 0.700. The Balaban J connectivity index is 2.30. The van der Waals surface area contributed by atoms with Gasteiger partial charge < -0.3 is 10.8 Å². The number of carbonyl (C=O) groups is 1. The molecule has 4 N–H and O–H groups in total. The zero-order valence-corrected chi connectivity index (χ0v) is 10.9. The molecule has 17 heavy (non-hydrogen) atoms. The van der Waals surface area contributed by atoms with Crippen molar-refractivity contribution in [2.24, 2.45) is 5.73 Å². The normalized spacial score (nSPS) is 14.5. The van der Waals surface area contributed by atoms with Gasteiger partial charge in [0.15, 0.2) is 0 Å². The van der Waals surface area contributed by atoms with Crippen LogP contribution >= 0.6 is 11.8 Å². The van der Waals surface area contributed by atoms with Crippen LogP contribution in [0.15, 0.2) is 5.16 Å². The predicted molar refractivity (Wildman–Crippen MR) is 65.9 cm³/mol. The number of carboxylic acid groups (broad SMARTS) is 1. The molecule has 1 unspecified atom stereocenters. The number of H-pyrrole nitrogens is 1. The number of hydrogen-bond acceptors (Lipinski definition) is 5. The van der Waals surface area contributed by atoms with Gasteiger partial charge in [0.2, 0.25) is 5.16 Å². The SMILES string of the molecule is CCC(N)(CCCSc1n[nH]c(C)n1)C(=O)O. The second-order valence-corrected chi connectivity index (χ2v) is 5.03. The van der Waals surface area contributed by atoms with Crippen LogP contribution in [0, 0.1) is 6.92 Å². The van der Waals surface area contributed by atoms with Gasteiger partial charge in [-0.3, -0.25) is 9.89 Å². The van der Waals surface area contributed by atoms with E-state index in [-0.39, 0.29) is 0 Å². The number of aryl methyl sites for hydroxylation is 1. The van der Waals surface area contributed by atoms with Crippen LogP contribution in [0.2, 0.25) is 0 Å². The Morgan fingerprint density at radius 2 is 2.35 bits per heavy atom. The van der Waals surface area contributed by atoms with E-state index in [9.17, 15) is 4.79 Å². The molecule has 6 nitrogen and oxygen atoms in total. The molecule has 0 bridgehead atoms. The van der Waals surface area contributed by atoms with Gasteiger partial charge in [0.05, 0.1) is 0 Å². The lowest BCUT2D eigenvalue weighted by Gasteiger charge is -2.22. The molecule has 1 heterocycles. The number of carboxylic acids is 1. The highest BCUT2D eigenvalue weighted by atomic mass is 32.2. The maximum absolute atomic E-state index is 11.0. The molecule has 0 aliphatic rings. The van der Waals surface area contributed by atoms with E-state index in [2.05, 4.69) is 15.2 Å². The molecule has 0 spiro atoms. The van der Waals surface area contributed by atoms with Crippen LogP contribution in [-0.4, -0.2) is 37.5 Å². The summed E-state index contributed by atoms with van der Waals surface area (Å²) in [5.74, 6) is 0.613. The zero-order valence-electron chi connectivity index (χ0n) is 10.1. The summed E-state index contributed by atoms with van der Waals surface area (Å²) in [5, 5.41) is 16.4. The van der Waals surface area contributed by atoms with E-state index < -0.39 is 11.5 Å². The first kappa shape index (κ1) is 14.0. The van der Waals surface area contributed by atoms with Crippen LogP contribution in [0.1, 0.15) is 32.0 Å². The van der Waals surface area contributed by atoms with Crippen molar-refractivity contribution in [1.82, 2.24) is 15.2 Å². The summed E-state index contributed by atoms with van der Waals surface area (Å²) >= 11 is 1.50. The van der Waals surface area contributed by atoms with E-state index in [1.807, 2.05) is 6.92 Å². The van der Waals surface area contributed by atoms with E-state index in [0.717, 1.165) is 18.0 Å². The zero-order chi connectivity index (χ0) is 12.9. The standard InChI is InChI=1S/C10H18N4O2S/c1-3-10(11,8(15)16)5-4-6-17-9-12-7(2)13-14-9/h3-6,11H2,1-2H3,(H,15,16)(H,12,13,14).